The fraction of sp³-hybridized carbons (Fsp3) is 0.0667. The smallest absolute Gasteiger partial charge is 0.413 e. The van der Waals surface area contributed by atoms with E-state index in [0.717, 1.165) is 0 Å². The first-order valence-corrected chi connectivity index (χ1v) is 8.19. The summed E-state index contributed by atoms with van der Waals surface area (Å²) in [5, 5.41) is 4.99. The average molecular weight is 367 g/mol. The summed E-state index contributed by atoms with van der Waals surface area (Å²) in [6.07, 6.45) is -0.725. The van der Waals surface area contributed by atoms with Crippen molar-refractivity contribution in [1.82, 2.24) is 5.32 Å². The van der Waals surface area contributed by atoms with Crippen LogP contribution in [-0.4, -0.2) is 22.9 Å². The molecule has 1 atom stereocenters. The summed E-state index contributed by atoms with van der Waals surface area (Å²) < 4.78 is 29.9. The summed E-state index contributed by atoms with van der Waals surface area (Å²) in [4.78, 5) is 12.0. The van der Waals surface area contributed by atoms with Crippen molar-refractivity contribution in [3.8, 4) is 0 Å². The molecule has 0 saturated carbocycles. The number of ether oxygens (including phenoxy) is 1. The second kappa shape index (κ2) is 7.95. The Morgan fingerprint density at radius 2 is 1.88 bits per heavy atom. The third kappa shape index (κ3) is 4.57. The summed E-state index contributed by atoms with van der Waals surface area (Å²) >= 11 is 3.44. The minimum Gasteiger partial charge on any atom is -0.606 e. The quantitative estimate of drug-likeness (QED) is 0.438. The van der Waals surface area contributed by atoms with Crippen molar-refractivity contribution in [2.75, 3.05) is 18.2 Å². The van der Waals surface area contributed by atoms with Gasteiger partial charge in [0.05, 0.1) is 18.5 Å². The summed E-state index contributed by atoms with van der Waals surface area (Å²) in [5.41, 5.74) is 6.57. The number of thiocarbonyl (C=S) groups is 1. The van der Waals surface area contributed by atoms with E-state index in [2.05, 4.69) is 15.4 Å². The van der Waals surface area contributed by atoms with Crippen molar-refractivity contribution in [2.45, 2.75) is 9.79 Å². The van der Waals surface area contributed by atoms with Crippen LogP contribution in [0.4, 0.5) is 20.6 Å². The standard InChI is InChI=1S/C15H14FN3O3S2/c1-22-15(20)19-14(23)18-13-8-11(6-7-12(13)17)24(21)10-4-2-9(16)3-5-10/h2-8H,17H2,1H3,(H2,18,19,20,23). The van der Waals surface area contributed by atoms with Crippen LogP contribution < -0.4 is 16.4 Å². The van der Waals surface area contributed by atoms with Crippen molar-refractivity contribution in [3.63, 3.8) is 0 Å². The van der Waals surface area contributed by atoms with Crippen molar-refractivity contribution in [1.29, 1.82) is 0 Å². The number of halogens is 1. The Morgan fingerprint density at radius 1 is 1.25 bits per heavy atom. The van der Waals surface area contributed by atoms with E-state index in [1.807, 2.05) is 0 Å². The Morgan fingerprint density at radius 3 is 2.50 bits per heavy atom. The Kier molecular flexibility index (Phi) is 5.96. The van der Waals surface area contributed by atoms with E-state index in [4.69, 9.17) is 18.0 Å². The molecule has 0 aliphatic carbocycles. The maximum atomic E-state index is 13.0. The number of nitrogen functional groups attached to an aromatic ring is 1. The van der Waals surface area contributed by atoms with E-state index in [1.165, 1.54) is 31.4 Å². The Hall–Kier alpha value is -2.36. The predicted molar refractivity (Wildman–Crippen MR) is 93.7 cm³/mol. The first kappa shape index (κ1) is 18.0. The molecule has 0 heterocycles. The SMILES string of the molecule is COC(=O)NC(=S)Nc1cc([S+]([O-])c2ccc(F)cc2)ccc1N. The van der Waals surface area contributed by atoms with E-state index in [9.17, 15) is 13.7 Å². The van der Waals surface area contributed by atoms with Gasteiger partial charge < -0.3 is 20.3 Å². The van der Waals surface area contributed by atoms with Crippen molar-refractivity contribution in [2.24, 2.45) is 0 Å². The second-order valence-corrected chi connectivity index (χ2v) is 6.43. The molecule has 9 heteroatoms. The first-order valence-electron chi connectivity index (χ1n) is 6.63. The number of amides is 1. The lowest BCUT2D eigenvalue weighted by Crippen LogP contribution is -2.34. The Balaban J connectivity index is 2.20. The number of carbonyl (C=O) groups is 1. The summed E-state index contributed by atoms with van der Waals surface area (Å²) in [6, 6.07) is 10.0. The van der Waals surface area contributed by atoms with Gasteiger partial charge in [-0.1, -0.05) is 0 Å². The van der Waals surface area contributed by atoms with E-state index in [0.29, 0.717) is 21.2 Å². The lowest BCUT2D eigenvalue weighted by molar-refractivity contribution is 0.177. The van der Waals surface area contributed by atoms with Gasteiger partial charge in [-0.2, -0.15) is 0 Å². The van der Waals surface area contributed by atoms with Crippen LogP contribution in [0, 0.1) is 5.82 Å². The molecule has 2 rings (SSSR count). The van der Waals surface area contributed by atoms with Crippen LogP contribution >= 0.6 is 12.2 Å². The highest BCUT2D eigenvalue weighted by Gasteiger charge is 2.17. The van der Waals surface area contributed by atoms with Crippen LogP contribution in [0.2, 0.25) is 0 Å². The van der Waals surface area contributed by atoms with E-state index >= 15 is 0 Å². The molecular weight excluding hydrogens is 353 g/mol. The highest BCUT2D eigenvalue weighted by molar-refractivity contribution is 7.91. The largest absolute Gasteiger partial charge is 0.606 e. The van der Waals surface area contributed by atoms with Crippen molar-refractivity contribution < 1.29 is 18.5 Å². The van der Waals surface area contributed by atoms with Crippen molar-refractivity contribution >= 4 is 46.0 Å². The predicted octanol–water partition coefficient (Wildman–Crippen LogP) is 2.63. The molecule has 1 amide bonds. The zero-order chi connectivity index (χ0) is 17.7. The van der Waals surface area contributed by atoms with Crippen LogP contribution in [0.3, 0.4) is 0 Å². The molecule has 0 fully saturated rings. The Labute approximate surface area is 146 Å². The second-order valence-electron chi connectivity index (χ2n) is 4.54. The van der Waals surface area contributed by atoms with Gasteiger partial charge in [-0.3, -0.25) is 5.32 Å². The van der Waals surface area contributed by atoms with E-state index < -0.39 is 23.1 Å². The fourth-order valence-corrected chi connectivity index (χ4v) is 3.02. The third-order valence-corrected chi connectivity index (χ3v) is 4.50. The summed E-state index contributed by atoms with van der Waals surface area (Å²) in [5.74, 6) is -0.408. The number of methoxy groups -OCH3 is 1. The van der Waals surface area contributed by atoms with Crippen LogP contribution in [0.1, 0.15) is 0 Å². The van der Waals surface area contributed by atoms with Gasteiger partial charge in [-0.25, -0.2) is 9.18 Å². The van der Waals surface area contributed by atoms with Gasteiger partial charge in [0.2, 0.25) is 0 Å². The van der Waals surface area contributed by atoms with Gasteiger partial charge in [0, 0.05) is 17.2 Å². The molecule has 1 unspecified atom stereocenters. The molecule has 2 aromatic rings. The summed E-state index contributed by atoms with van der Waals surface area (Å²) in [7, 11) is 1.21. The number of rotatable bonds is 3. The minimum absolute atomic E-state index is 0.0155. The molecule has 0 spiro atoms. The number of anilines is 2. The van der Waals surface area contributed by atoms with Gasteiger partial charge >= 0.3 is 6.09 Å². The maximum Gasteiger partial charge on any atom is 0.413 e. The molecule has 0 bridgehead atoms. The van der Waals surface area contributed by atoms with Crippen LogP contribution in [-0.2, 0) is 15.9 Å². The lowest BCUT2D eigenvalue weighted by atomic mass is 10.3. The molecular formula is C15H14FN3O3S2. The van der Waals surface area contributed by atoms with Gasteiger partial charge in [0.25, 0.3) is 0 Å². The minimum atomic E-state index is -1.52. The maximum absolute atomic E-state index is 13.0. The van der Waals surface area contributed by atoms with E-state index in [1.54, 1.807) is 18.2 Å². The zero-order valence-corrected chi connectivity index (χ0v) is 14.2. The number of nitrogens with two attached hydrogens (primary N) is 1. The number of benzene rings is 2. The Bertz CT molecular complexity index is 756. The van der Waals surface area contributed by atoms with Gasteiger partial charge in [-0.15, -0.1) is 0 Å². The molecule has 4 N–H and O–H groups in total. The third-order valence-electron chi connectivity index (χ3n) is 2.92. The topological polar surface area (TPSA) is 99.4 Å². The van der Waals surface area contributed by atoms with Gasteiger partial charge in [-0.05, 0) is 48.6 Å². The molecule has 0 saturated heterocycles. The molecule has 0 aliphatic heterocycles. The van der Waals surface area contributed by atoms with Crippen LogP contribution in [0.5, 0.6) is 0 Å². The molecule has 126 valence electrons. The number of alkyl carbamates (subject to hydrolysis) is 1. The molecule has 24 heavy (non-hydrogen) atoms. The molecule has 2 aromatic carbocycles. The van der Waals surface area contributed by atoms with E-state index in [-0.39, 0.29) is 5.11 Å². The summed E-state index contributed by atoms with van der Waals surface area (Å²) in [6.45, 7) is 0. The highest BCUT2D eigenvalue weighted by Crippen LogP contribution is 2.27. The molecule has 0 radical (unpaired) electrons. The molecule has 0 aliphatic rings. The number of hydrogen-bond donors (Lipinski definition) is 3. The fourth-order valence-electron chi connectivity index (χ4n) is 1.75. The normalized spacial score (nSPS) is 11.5. The van der Waals surface area contributed by atoms with Gasteiger partial charge in [0.1, 0.15) is 5.82 Å². The highest BCUT2D eigenvalue weighted by atomic mass is 32.2. The van der Waals surface area contributed by atoms with Crippen molar-refractivity contribution in [3.05, 3.63) is 48.3 Å². The number of carbonyl (C=O) groups excluding carboxylic acids is 1. The number of nitrogens with one attached hydrogen (secondary N) is 2. The average Bonchev–Trinajstić information content (AvgIpc) is 2.56. The van der Waals surface area contributed by atoms with Crippen LogP contribution in [0.25, 0.3) is 0 Å². The lowest BCUT2D eigenvalue weighted by Gasteiger charge is -2.14. The molecule has 6 nitrogen and oxygen atoms in total. The number of hydrogen-bond acceptors (Lipinski definition) is 5. The first-order chi connectivity index (χ1) is 11.4. The monoisotopic (exact) mass is 367 g/mol. The molecule has 0 aromatic heterocycles. The van der Waals surface area contributed by atoms with Crippen LogP contribution in [0.15, 0.2) is 52.3 Å². The van der Waals surface area contributed by atoms with Gasteiger partial charge in [0.15, 0.2) is 14.9 Å². The zero-order valence-electron chi connectivity index (χ0n) is 12.5.